The van der Waals surface area contributed by atoms with Crippen LogP contribution in [-0.2, 0) is 0 Å². The minimum Gasteiger partial charge on any atom is -0.467 e. The summed E-state index contributed by atoms with van der Waals surface area (Å²) in [5.74, 6) is -1.87. The maximum absolute atomic E-state index is 15.9. The van der Waals surface area contributed by atoms with E-state index in [9.17, 15) is 13.2 Å². The first kappa shape index (κ1) is 21.9. The molecule has 0 N–H and O–H groups in total. The zero-order chi connectivity index (χ0) is 24.0. The van der Waals surface area contributed by atoms with E-state index in [1.165, 1.54) is 24.3 Å². The van der Waals surface area contributed by atoms with Gasteiger partial charge in [0.2, 0.25) is 0 Å². The fraction of sp³-hybridized carbons (Fsp3) is 0.240. The number of pyridine rings is 1. The van der Waals surface area contributed by atoms with E-state index in [0.717, 1.165) is 0 Å². The molecule has 4 aromatic rings. The van der Waals surface area contributed by atoms with E-state index in [1.807, 2.05) is 0 Å². The van der Waals surface area contributed by atoms with Crippen molar-refractivity contribution in [2.24, 2.45) is 0 Å². The SMILES string of the molecule is C#Cc1c(F)ccc2cccc(-c3ncc4c(N5CCCC(F)(F)C5)nc(OC)nc4c3F)c12. The standard InChI is InChI=1S/C25H18F4N4O/c1-3-15-18(26)9-8-14-6-4-7-16(19(14)15)21-20(27)22-17(12-30-21)23(32-24(31-22)34-2)33-11-5-10-25(28,29)13-33/h1,4,6-9,12H,5,10-11,13H2,2H3. The molecule has 1 aliphatic rings. The Morgan fingerprint density at radius 2 is 1.97 bits per heavy atom. The predicted octanol–water partition coefficient (Wildman–Crippen LogP) is 5.35. The Bertz CT molecular complexity index is 1480. The highest BCUT2D eigenvalue weighted by atomic mass is 19.3. The van der Waals surface area contributed by atoms with Gasteiger partial charge in [0, 0.05) is 30.1 Å². The van der Waals surface area contributed by atoms with Gasteiger partial charge in [0.1, 0.15) is 22.8 Å². The molecule has 0 aliphatic carbocycles. The first-order valence-corrected chi connectivity index (χ1v) is 10.5. The molecule has 2 aromatic carbocycles. The van der Waals surface area contributed by atoms with Gasteiger partial charge in [-0.2, -0.15) is 9.97 Å². The number of hydrogen-bond acceptors (Lipinski definition) is 5. The molecule has 0 radical (unpaired) electrons. The molecule has 1 fully saturated rings. The summed E-state index contributed by atoms with van der Waals surface area (Å²) in [5, 5.41) is 1.13. The van der Waals surface area contributed by atoms with Crippen LogP contribution in [0.4, 0.5) is 23.4 Å². The van der Waals surface area contributed by atoms with Crippen LogP contribution < -0.4 is 9.64 Å². The minimum atomic E-state index is -2.90. The number of halogens is 4. The van der Waals surface area contributed by atoms with E-state index in [4.69, 9.17) is 11.2 Å². The predicted molar refractivity (Wildman–Crippen MR) is 121 cm³/mol. The van der Waals surface area contributed by atoms with Gasteiger partial charge in [-0.1, -0.05) is 30.2 Å². The van der Waals surface area contributed by atoms with Gasteiger partial charge in [-0.15, -0.1) is 6.42 Å². The van der Waals surface area contributed by atoms with Crippen LogP contribution in [0.2, 0.25) is 0 Å². The smallest absolute Gasteiger partial charge is 0.318 e. The van der Waals surface area contributed by atoms with Gasteiger partial charge < -0.3 is 9.64 Å². The summed E-state index contributed by atoms with van der Waals surface area (Å²) in [6.45, 7) is -0.234. The summed E-state index contributed by atoms with van der Waals surface area (Å²) in [5.41, 5.74) is 0.0335. The van der Waals surface area contributed by atoms with Crippen molar-refractivity contribution >= 4 is 27.5 Å². The van der Waals surface area contributed by atoms with Crippen molar-refractivity contribution in [3.05, 3.63) is 53.7 Å². The Hall–Kier alpha value is -3.93. The molecule has 0 bridgehead atoms. The molecule has 5 nitrogen and oxygen atoms in total. The summed E-state index contributed by atoms with van der Waals surface area (Å²) in [7, 11) is 1.31. The van der Waals surface area contributed by atoms with Crippen molar-refractivity contribution in [3.8, 4) is 29.6 Å². The van der Waals surface area contributed by atoms with Crippen molar-refractivity contribution in [2.75, 3.05) is 25.1 Å². The lowest BCUT2D eigenvalue weighted by Gasteiger charge is -2.33. The molecule has 0 atom stereocenters. The number of piperidine rings is 1. The Morgan fingerprint density at radius 1 is 1.15 bits per heavy atom. The van der Waals surface area contributed by atoms with Crippen molar-refractivity contribution in [2.45, 2.75) is 18.8 Å². The van der Waals surface area contributed by atoms with Gasteiger partial charge in [0.25, 0.3) is 5.92 Å². The number of anilines is 1. The van der Waals surface area contributed by atoms with E-state index in [0.29, 0.717) is 17.3 Å². The van der Waals surface area contributed by atoms with Crippen molar-refractivity contribution in [1.82, 2.24) is 15.0 Å². The average molecular weight is 466 g/mol. The van der Waals surface area contributed by atoms with Crippen LogP contribution in [0.1, 0.15) is 18.4 Å². The second-order valence-electron chi connectivity index (χ2n) is 8.07. The van der Waals surface area contributed by atoms with Crippen LogP contribution in [0.5, 0.6) is 6.01 Å². The second-order valence-corrected chi connectivity index (χ2v) is 8.07. The largest absolute Gasteiger partial charge is 0.467 e. The molecular weight excluding hydrogens is 448 g/mol. The normalized spacial score (nSPS) is 15.5. The summed E-state index contributed by atoms with van der Waals surface area (Å²) in [6.07, 6.45) is 6.91. The third-order valence-electron chi connectivity index (χ3n) is 5.91. The number of terminal acetylenes is 1. The second kappa shape index (κ2) is 8.13. The molecule has 0 saturated carbocycles. The van der Waals surface area contributed by atoms with Gasteiger partial charge in [-0.25, -0.2) is 17.6 Å². The minimum absolute atomic E-state index is 0.00842. The lowest BCUT2D eigenvalue weighted by molar-refractivity contribution is -0.0118. The topological polar surface area (TPSA) is 51.1 Å². The highest BCUT2D eigenvalue weighted by Gasteiger charge is 2.36. The monoisotopic (exact) mass is 466 g/mol. The van der Waals surface area contributed by atoms with Gasteiger partial charge in [0.15, 0.2) is 5.82 Å². The van der Waals surface area contributed by atoms with Gasteiger partial charge in [-0.3, -0.25) is 4.98 Å². The highest BCUT2D eigenvalue weighted by molar-refractivity contribution is 6.02. The van der Waals surface area contributed by atoms with E-state index in [2.05, 4.69) is 20.9 Å². The fourth-order valence-corrected chi connectivity index (χ4v) is 4.38. The molecular formula is C25H18F4N4O. The van der Waals surface area contributed by atoms with Crippen LogP contribution in [0.25, 0.3) is 32.9 Å². The quantitative estimate of drug-likeness (QED) is 0.301. The number of benzene rings is 2. The molecule has 0 unspecified atom stereocenters. The van der Waals surface area contributed by atoms with Crippen LogP contribution in [0.3, 0.4) is 0 Å². The molecule has 3 heterocycles. The number of rotatable bonds is 3. The molecule has 0 amide bonds. The van der Waals surface area contributed by atoms with Crippen molar-refractivity contribution in [3.63, 3.8) is 0 Å². The number of nitrogens with zero attached hydrogens (tertiary/aromatic N) is 4. The third kappa shape index (κ3) is 3.55. The van der Waals surface area contributed by atoms with E-state index in [-0.39, 0.29) is 52.4 Å². The lowest BCUT2D eigenvalue weighted by Crippen LogP contribution is -2.43. The third-order valence-corrected chi connectivity index (χ3v) is 5.91. The molecule has 1 aliphatic heterocycles. The molecule has 34 heavy (non-hydrogen) atoms. The van der Waals surface area contributed by atoms with E-state index >= 15 is 4.39 Å². The Kier molecular flexibility index (Phi) is 5.24. The summed E-state index contributed by atoms with van der Waals surface area (Å²) in [4.78, 5) is 14.0. The van der Waals surface area contributed by atoms with Crippen molar-refractivity contribution < 1.29 is 22.3 Å². The first-order valence-electron chi connectivity index (χ1n) is 10.5. The van der Waals surface area contributed by atoms with Gasteiger partial charge in [-0.05, 0) is 17.9 Å². The molecule has 172 valence electrons. The van der Waals surface area contributed by atoms with Crippen LogP contribution in [-0.4, -0.2) is 41.1 Å². The number of alkyl halides is 2. The number of fused-ring (bicyclic) bond motifs is 2. The molecule has 1 saturated heterocycles. The zero-order valence-corrected chi connectivity index (χ0v) is 18.1. The summed E-state index contributed by atoms with van der Waals surface area (Å²) in [6, 6.07) is 7.64. The van der Waals surface area contributed by atoms with Gasteiger partial charge >= 0.3 is 6.01 Å². The maximum Gasteiger partial charge on any atom is 0.318 e. The molecule has 9 heteroatoms. The Labute approximate surface area is 192 Å². The molecule has 2 aromatic heterocycles. The Morgan fingerprint density at radius 3 is 2.71 bits per heavy atom. The maximum atomic E-state index is 15.9. The fourth-order valence-electron chi connectivity index (χ4n) is 4.38. The van der Waals surface area contributed by atoms with Crippen LogP contribution in [0.15, 0.2) is 36.5 Å². The number of methoxy groups -OCH3 is 1. The number of ether oxygens (including phenoxy) is 1. The average Bonchev–Trinajstić information content (AvgIpc) is 2.83. The summed E-state index contributed by atoms with van der Waals surface area (Å²) < 4.78 is 63.6. The lowest BCUT2D eigenvalue weighted by atomic mass is 9.96. The van der Waals surface area contributed by atoms with Gasteiger partial charge in [0.05, 0.1) is 24.6 Å². The molecule has 5 rings (SSSR count). The summed E-state index contributed by atoms with van der Waals surface area (Å²) >= 11 is 0. The number of aromatic nitrogens is 3. The first-order chi connectivity index (χ1) is 16.3. The van der Waals surface area contributed by atoms with Crippen molar-refractivity contribution in [1.29, 1.82) is 0 Å². The van der Waals surface area contributed by atoms with E-state index in [1.54, 1.807) is 24.3 Å². The Balaban J connectivity index is 1.76. The van der Waals surface area contributed by atoms with Crippen LogP contribution in [0, 0.1) is 24.0 Å². The zero-order valence-electron chi connectivity index (χ0n) is 18.1. The highest BCUT2D eigenvalue weighted by Crippen LogP contribution is 2.38. The van der Waals surface area contributed by atoms with E-state index < -0.39 is 24.1 Å². The molecule has 0 spiro atoms. The number of hydrogen-bond donors (Lipinski definition) is 0. The van der Waals surface area contributed by atoms with Crippen LogP contribution >= 0.6 is 0 Å².